The summed E-state index contributed by atoms with van der Waals surface area (Å²) in [6.45, 7) is 3.06. The Labute approximate surface area is 125 Å². The standard InChI is InChI=1S/C17H21N3O/c1-12-11-15(14-7-2-3-8-16(14)19-12)17(21)20(10-9-18)13-5-4-6-13/h2-3,7-8,11,13H,4-6,9-10,18H2,1H3. The number of rotatable bonds is 4. The van der Waals surface area contributed by atoms with Gasteiger partial charge < -0.3 is 10.6 Å². The average Bonchev–Trinajstić information content (AvgIpc) is 2.43. The largest absolute Gasteiger partial charge is 0.334 e. The molecule has 0 unspecified atom stereocenters. The van der Waals surface area contributed by atoms with E-state index in [2.05, 4.69) is 4.98 Å². The molecule has 1 saturated carbocycles. The van der Waals surface area contributed by atoms with E-state index >= 15 is 0 Å². The molecule has 0 bridgehead atoms. The monoisotopic (exact) mass is 283 g/mol. The molecule has 21 heavy (non-hydrogen) atoms. The lowest BCUT2D eigenvalue weighted by molar-refractivity contribution is 0.0590. The number of amides is 1. The summed E-state index contributed by atoms with van der Waals surface area (Å²) >= 11 is 0. The van der Waals surface area contributed by atoms with Crippen molar-refractivity contribution in [1.82, 2.24) is 9.88 Å². The number of pyridine rings is 1. The molecule has 0 aliphatic heterocycles. The van der Waals surface area contributed by atoms with E-state index in [4.69, 9.17) is 5.73 Å². The zero-order valence-corrected chi connectivity index (χ0v) is 12.4. The Morgan fingerprint density at radius 3 is 2.81 bits per heavy atom. The molecule has 1 aromatic heterocycles. The molecule has 1 aliphatic carbocycles. The number of hydrogen-bond donors (Lipinski definition) is 1. The minimum atomic E-state index is 0.0897. The third kappa shape index (κ3) is 2.63. The minimum Gasteiger partial charge on any atom is -0.334 e. The second-order valence-corrected chi connectivity index (χ2v) is 5.70. The zero-order chi connectivity index (χ0) is 14.8. The van der Waals surface area contributed by atoms with Gasteiger partial charge in [-0.25, -0.2) is 0 Å². The number of aromatic nitrogens is 1. The number of benzene rings is 1. The normalized spacial score (nSPS) is 15.0. The second kappa shape index (κ2) is 5.82. The van der Waals surface area contributed by atoms with Gasteiger partial charge in [-0.2, -0.15) is 0 Å². The van der Waals surface area contributed by atoms with Gasteiger partial charge in [0.1, 0.15) is 0 Å². The van der Waals surface area contributed by atoms with Crippen molar-refractivity contribution in [1.29, 1.82) is 0 Å². The fourth-order valence-corrected chi connectivity index (χ4v) is 2.93. The van der Waals surface area contributed by atoms with E-state index < -0.39 is 0 Å². The van der Waals surface area contributed by atoms with Gasteiger partial charge in [0.2, 0.25) is 0 Å². The molecule has 1 fully saturated rings. The number of carbonyl (C=O) groups is 1. The summed E-state index contributed by atoms with van der Waals surface area (Å²) in [7, 11) is 0. The highest BCUT2D eigenvalue weighted by molar-refractivity contribution is 6.06. The van der Waals surface area contributed by atoms with Gasteiger partial charge >= 0.3 is 0 Å². The van der Waals surface area contributed by atoms with Crippen LogP contribution in [-0.4, -0.2) is 34.9 Å². The molecule has 0 atom stereocenters. The van der Waals surface area contributed by atoms with Gasteiger partial charge in [0.15, 0.2) is 0 Å². The van der Waals surface area contributed by atoms with Crippen LogP contribution in [0, 0.1) is 6.92 Å². The first-order valence-corrected chi connectivity index (χ1v) is 7.58. The summed E-state index contributed by atoms with van der Waals surface area (Å²) in [4.78, 5) is 19.4. The number of para-hydroxylation sites is 1. The molecule has 1 aliphatic rings. The van der Waals surface area contributed by atoms with Crippen molar-refractivity contribution in [2.75, 3.05) is 13.1 Å². The lowest BCUT2D eigenvalue weighted by atomic mass is 9.90. The smallest absolute Gasteiger partial charge is 0.254 e. The molecule has 1 amide bonds. The maximum atomic E-state index is 13.0. The Bertz CT molecular complexity index is 664. The van der Waals surface area contributed by atoms with E-state index in [0.717, 1.165) is 35.0 Å². The van der Waals surface area contributed by atoms with E-state index in [1.807, 2.05) is 42.2 Å². The lowest BCUT2D eigenvalue weighted by Gasteiger charge is -2.37. The second-order valence-electron chi connectivity index (χ2n) is 5.70. The fraction of sp³-hybridized carbons (Fsp3) is 0.412. The van der Waals surface area contributed by atoms with Crippen molar-refractivity contribution in [3.63, 3.8) is 0 Å². The van der Waals surface area contributed by atoms with Gasteiger partial charge in [-0.1, -0.05) is 18.2 Å². The number of nitrogens with zero attached hydrogens (tertiary/aromatic N) is 2. The van der Waals surface area contributed by atoms with Gasteiger partial charge in [-0.05, 0) is 38.3 Å². The zero-order valence-electron chi connectivity index (χ0n) is 12.4. The van der Waals surface area contributed by atoms with Crippen LogP contribution in [0.3, 0.4) is 0 Å². The quantitative estimate of drug-likeness (QED) is 0.938. The van der Waals surface area contributed by atoms with Crippen LogP contribution >= 0.6 is 0 Å². The number of fused-ring (bicyclic) bond motifs is 1. The van der Waals surface area contributed by atoms with Crippen LogP contribution in [0.2, 0.25) is 0 Å². The Kier molecular flexibility index (Phi) is 3.88. The van der Waals surface area contributed by atoms with Crippen molar-refractivity contribution >= 4 is 16.8 Å². The molecule has 1 aromatic carbocycles. The SMILES string of the molecule is Cc1cc(C(=O)N(CCN)C2CCC2)c2ccccc2n1. The predicted molar refractivity (Wildman–Crippen MR) is 84.2 cm³/mol. The topological polar surface area (TPSA) is 59.2 Å². The van der Waals surface area contributed by atoms with Crippen molar-refractivity contribution in [3.05, 3.63) is 41.6 Å². The molecule has 2 aromatic rings. The number of hydrogen-bond acceptors (Lipinski definition) is 3. The Morgan fingerprint density at radius 2 is 2.14 bits per heavy atom. The maximum absolute atomic E-state index is 13.0. The molecule has 0 radical (unpaired) electrons. The van der Waals surface area contributed by atoms with E-state index in [1.165, 1.54) is 6.42 Å². The van der Waals surface area contributed by atoms with Crippen molar-refractivity contribution in [2.24, 2.45) is 5.73 Å². The number of aryl methyl sites for hydroxylation is 1. The Hall–Kier alpha value is -1.94. The van der Waals surface area contributed by atoms with E-state index in [9.17, 15) is 4.79 Å². The molecule has 2 N–H and O–H groups in total. The summed E-state index contributed by atoms with van der Waals surface area (Å²) in [5.74, 6) is 0.0897. The van der Waals surface area contributed by atoms with Gasteiger partial charge in [-0.3, -0.25) is 9.78 Å². The minimum absolute atomic E-state index is 0.0897. The van der Waals surface area contributed by atoms with Crippen LogP contribution in [0.5, 0.6) is 0 Å². The summed E-state index contributed by atoms with van der Waals surface area (Å²) in [5, 5.41) is 0.925. The Morgan fingerprint density at radius 1 is 1.38 bits per heavy atom. The molecular weight excluding hydrogens is 262 g/mol. The molecule has 4 heteroatoms. The Balaban J connectivity index is 2.03. The van der Waals surface area contributed by atoms with Gasteiger partial charge in [-0.15, -0.1) is 0 Å². The molecule has 3 rings (SSSR count). The lowest BCUT2D eigenvalue weighted by Crippen LogP contribution is -2.46. The van der Waals surface area contributed by atoms with Gasteiger partial charge in [0.05, 0.1) is 11.1 Å². The summed E-state index contributed by atoms with van der Waals surface area (Å²) in [5.41, 5.74) is 8.20. The third-order valence-corrected chi connectivity index (χ3v) is 4.22. The first kappa shape index (κ1) is 14.0. The van der Waals surface area contributed by atoms with Crippen molar-refractivity contribution < 1.29 is 4.79 Å². The van der Waals surface area contributed by atoms with Crippen LogP contribution in [0.4, 0.5) is 0 Å². The first-order valence-electron chi connectivity index (χ1n) is 7.58. The van der Waals surface area contributed by atoms with Crippen molar-refractivity contribution in [2.45, 2.75) is 32.2 Å². The summed E-state index contributed by atoms with van der Waals surface area (Å²) < 4.78 is 0. The van der Waals surface area contributed by atoms with Crippen LogP contribution in [0.1, 0.15) is 35.3 Å². The summed E-state index contributed by atoms with van der Waals surface area (Å²) in [6, 6.07) is 10.1. The number of nitrogens with two attached hydrogens (primary N) is 1. The highest BCUT2D eigenvalue weighted by atomic mass is 16.2. The average molecular weight is 283 g/mol. The van der Waals surface area contributed by atoms with Crippen molar-refractivity contribution in [3.8, 4) is 0 Å². The molecule has 0 spiro atoms. The molecule has 1 heterocycles. The van der Waals surface area contributed by atoms with Crippen LogP contribution < -0.4 is 5.73 Å². The van der Waals surface area contributed by atoms with Gasteiger partial charge in [0, 0.05) is 30.2 Å². The summed E-state index contributed by atoms with van der Waals surface area (Å²) in [6.07, 6.45) is 3.39. The maximum Gasteiger partial charge on any atom is 0.254 e. The van der Waals surface area contributed by atoms with Crippen LogP contribution in [0.15, 0.2) is 30.3 Å². The molecule has 4 nitrogen and oxygen atoms in total. The molecular formula is C17H21N3O. The number of carbonyl (C=O) groups excluding carboxylic acids is 1. The van der Waals surface area contributed by atoms with Gasteiger partial charge in [0.25, 0.3) is 5.91 Å². The van der Waals surface area contributed by atoms with Crippen LogP contribution in [0.25, 0.3) is 10.9 Å². The predicted octanol–water partition coefficient (Wildman–Crippen LogP) is 2.50. The highest BCUT2D eigenvalue weighted by Crippen LogP contribution is 2.28. The third-order valence-electron chi connectivity index (χ3n) is 4.22. The first-order chi connectivity index (χ1) is 10.2. The van der Waals surface area contributed by atoms with E-state index in [-0.39, 0.29) is 5.91 Å². The van der Waals surface area contributed by atoms with Crippen LogP contribution in [-0.2, 0) is 0 Å². The molecule has 0 saturated heterocycles. The highest BCUT2D eigenvalue weighted by Gasteiger charge is 2.29. The van der Waals surface area contributed by atoms with E-state index in [1.54, 1.807) is 0 Å². The fourth-order valence-electron chi connectivity index (χ4n) is 2.93. The molecule has 110 valence electrons. The van der Waals surface area contributed by atoms with E-state index in [0.29, 0.717) is 19.1 Å².